The van der Waals surface area contributed by atoms with Crippen LogP contribution in [0.1, 0.15) is 65.2 Å². The molecule has 4 aliphatic rings. The van der Waals surface area contributed by atoms with Crippen molar-refractivity contribution in [1.29, 1.82) is 0 Å². The number of Topliss-reactive ketones (excluding diaryl/α,β-unsaturated/α-hetero) is 1. The summed E-state index contributed by atoms with van der Waals surface area (Å²) in [5, 5.41) is 0. The summed E-state index contributed by atoms with van der Waals surface area (Å²) in [5.74, 6) is 2.04. The van der Waals surface area contributed by atoms with Crippen molar-refractivity contribution in [2.45, 2.75) is 71.3 Å². The van der Waals surface area contributed by atoms with Gasteiger partial charge in [-0.2, -0.15) is 0 Å². The van der Waals surface area contributed by atoms with Gasteiger partial charge in [0.15, 0.2) is 0 Å². The first-order chi connectivity index (χ1) is 11.9. The third-order valence-electron chi connectivity index (χ3n) is 8.17. The molecule has 3 fully saturated rings. The second kappa shape index (κ2) is 6.11. The van der Waals surface area contributed by atoms with Gasteiger partial charge in [-0.25, -0.2) is 0 Å². The highest BCUT2D eigenvalue weighted by atomic mass is 35.5. The van der Waals surface area contributed by atoms with E-state index >= 15 is 0 Å². The van der Waals surface area contributed by atoms with Crippen LogP contribution in [0.15, 0.2) is 11.6 Å². The zero-order valence-corrected chi connectivity index (χ0v) is 16.1. The summed E-state index contributed by atoms with van der Waals surface area (Å²) in [7, 11) is 0. The van der Waals surface area contributed by atoms with E-state index in [2.05, 4.69) is 19.9 Å². The summed E-state index contributed by atoms with van der Waals surface area (Å²) in [6.45, 7) is 4.65. The van der Waals surface area contributed by atoms with Crippen molar-refractivity contribution < 1.29 is 14.3 Å². The van der Waals surface area contributed by atoms with Crippen molar-refractivity contribution in [3.8, 4) is 0 Å². The largest absolute Gasteiger partial charge is 0.461 e. The van der Waals surface area contributed by atoms with Crippen LogP contribution in [0.4, 0.5) is 0 Å². The van der Waals surface area contributed by atoms with Crippen LogP contribution < -0.4 is 0 Å². The van der Waals surface area contributed by atoms with E-state index in [1.807, 2.05) is 0 Å². The molecule has 0 aliphatic heterocycles. The number of ketones is 1. The van der Waals surface area contributed by atoms with E-state index in [1.165, 1.54) is 12.0 Å². The number of hydrogen-bond donors (Lipinski definition) is 0. The van der Waals surface area contributed by atoms with Crippen molar-refractivity contribution in [3.63, 3.8) is 0 Å². The second-order valence-electron chi connectivity index (χ2n) is 9.17. The molecule has 3 saturated carbocycles. The average molecular weight is 365 g/mol. The third-order valence-corrected chi connectivity index (χ3v) is 8.39. The van der Waals surface area contributed by atoms with Crippen LogP contribution in [0, 0.1) is 28.6 Å². The molecular weight excluding hydrogens is 336 g/mol. The normalized spacial score (nSPS) is 45.9. The summed E-state index contributed by atoms with van der Waals surface area (Å²) < 4.78 is 5.51. The number of esters is 1. The number of allylic oxidation sites excluding steroid dienone is 1. The minimum Gasteiger partial charge on any atom is -0.461 e. The van der Waals surface area contributed by atoms with Gasteiger partial charge in [0.05, 0.1) is 0 Å². The number of hydrogen-bond acceptors (Lipinski definition) is 3. The van der Waals surface area contributed by atoms with E-state index in [0.29, 0.717) is 23.5 Å². The average Bonchev–Trinajstić information content (AvgIpc) is 2.90. The molecule has 4 heteroatoms. The van der Waals surface area contributed by atoms with E-state index in [-0.39, 0.29) is 28.8 Å². The molecule has 25 heavy (non-hydrogen) atoms. The number of alkyl halides is 1. The smallest absolute Gasteiger partial charge is 0.321 e. The summed E-state index contributed by atoms with van der Waals surface area (Å²) in [6.07, 6.45) is 10.5. The third kappa shape index (κ3) is 2.60. The first kappa shape index (κ1) is 17.6. The zero-order chi connectivity index (χ0) is 17.8. The standard InChI is InChI=1S/C21H29ClO3/c1-20-9-7-14(25-19(24)12-22)11-13(20)3-4-15-16-5-6-18(23)21(16,2)10-8-17(15)20/h3,14-17H,4-12H2,1-2H3/t14-,15-,16-,17-,20+,21-/m1/s1. The Labute approximate surface area is 155 Å². The Morgan fingerprint density at radius 1 is 1.20 bits per heavy atom. The van der Waals surface area contributed by atoms with E-state index in [1.54, 1.807) is 0 Å². The van der Waals surface area contributed by atoms with Crippen LogP contribution >= 0.6 is 11.6 Å². The molecule has 0 aromatic heterocycles. The molecule has 0 aromatic carbocycles. The van der Waals surface area contributed by atoms with Gasteiger partial charge < -0.3 is 4.74 Å². The molecule has 0 unspecified atom stereocenters. The highest BCUT2D eigenvalue weighted by Gasteiger charge is 2.58. The molecule has 4 aliphatic carbocycles. The lowest BCUT2D eigenvalue weighted by Gasteiger charge is -2.56. The monoisotopic (exact) mass is 364 g/mol. The first-order valence-corrected chi connectivity index (χ1v) is 10.4. The second-order valence-corrected chi connectivity index (χ2v) is 9.43. The van der Waals surface area contributed by atoms with Gasteiger partial charge in [-0.15, -0.1) is 11.6 Å². The summed E-state index contributed by atoms with van der Waals surface area (Å²) in [5.41, 5.74) is 1.65. The molecule has 0 saturated heterocycles. The molecule has 0 spiro atoms. The van der Waals surface area contributed by atoms with Gasteiger partial charge in [0, 0.05) is 18.3 Å². The maximum absolute atomic E-state index is 12.5. The highest BCUT2D eigenvalue weighted by molar-refractivity contribution is 6.26. The Kier molecular flexibility index (Phi) is 4.30. The number of carbonyl (C=O) groups excluding carboxylic acids is 2. The Bertz CT molecular complexity index is 627. The van der Waals surface area contributed by atoms with Gasteiger partial charge in [0.2, 0.25) is 0 Å². The molecule has 0 amide bonds. The Morgan fingerprint density at radius 3 is 2.68 bits per heavy atom. The van der Waals surface area contributed by atoms with E-state index in [9.17, 15) is 9.59 Å². The van der Waals surface area contributed by atoms with Crippen molar-refractivity contribution >= 4 is 23.4 Å². The lowest BCUT2D eigenvalue weighted by molar-refractivity contribution is -0.148. The van der Waals surface area contributed by atoms with Gasteiger partial charge >= 0.3 is 5.97 Å². The minimum atomic E-state index is -0.303. The Balaban J connectivity index is 1.56. The zero-order valence-electron chi connectivity index (χ0n) is 15.4. The van der Waals surface area contributed by atoms with Gasteiger partial charge in [0.25, 0.3) is 0 Å². The van der Waals surface area contributed by atoms with Crippen LogP contribution in [-0.2, 0) is 14.3 Å². The number of carbonyl (C=O) groups is 2. The van der Waals surface area contributed by atoms with E-state index in [4.69, 9.17) is 16.3 Å². The molecule has 0 aromatic rings. The quantitative estimate of drug-likeness (QED) is 0.406. The number of halogens is 1. The van der Waals surface area contributed by atoms with Crippen LogP contribution in [0.3, 0.4) is 0 Å². The molecule has 138 valence electrons. The fourth-order valence-corrected chi connectivity index (χ4v) is 6.78. The fourth-order valence-electron chi connectivity index (χ4n) is 6.72. The highest BCUT2D eigenvalue weighted by Crippen LogP contribution is 2.64. The summed E-state index contributed by atoms with van der Waals surface area (Å²) >= 11 is 5.59. The molecule has 0 radical (unpaired) electrons. The Morgan fingerprint density at radius 2 is 1.92 bits per heavy atom. The maximum Gasteiger partial charge on any atom is 0.321 e. The number of fused-ring (bicyclic) bond motifs is 5. The first-order valence-electron chi connectivity index (χ1n) is 9.87. The van der Waals surface area contributed by atoms with Crippen LogP contribution in [0.2, 0.25) is 0 Å². The van der Waals surface area contributed by atoms with Crippen molar-refractivity contribution in [2.24, 2.45) is 28.6 Å². The molecule has 0 bridgehead atoms. The van der Waals surface area contributed by atoms with Gasteiger partial charge in [-0.1, -0.05) is 25.5 Å². The molecule has 0 heterocycles. The molecular formula is C21H29ClO3. The summed E-state index contributed by atoms with van der Waals surface area (Å²) in [4.78, 5) is 24.0. The number of ether oxygens (including phenoxy) is 1. The Hall–Kier alpha value is -0.830. The molecule has 0 N–H and O–H groups in total. The molecule has 3 nitrogen and oxygen atoms in total. The van der Waals surface area contributed by atoms with Crippen LogP contribution in [-0.4, -0.2) is 23.7 Å². The van der Waals surface area contributed by atoms with E-state index in [0.717, 1.165) is 44.9 Å². The summed E-state index contributed by atoms with van der Waals surface area (Å²) in [6, 6.07) is 0. The van der Waals surface area contributed by atoms with Crippen molar-refractivity contribution in [1.82, 2.24) is 0 Å². The van der Waals surface area contributed by atoms with Gasteiger partial charge in [-0.3, -0.25) is 9.59 Å². The number of rotatable bonds is 2. The topological polar surface area (TPSA) is 43.4 Å². The maximum atomic E-state index is 12.5. The van der Waals surface area contributed by atoms with Gasteiger partial charge in [0.1, 0.15) is 17.8 Å². The lowest BCUT2D eigenvalue weighted by atomic mass is 9.48. The SMILES string of the molecule is C[C@@]12CC[C@@H]3[C@H](CC=C4C[C@H](OC(=O)CCl)CC[C@@]43C)[C@H]1CCC2=O. The molecule has 4 rings (SSSR count). The fraction of sp³-hybridized carbons (Fsp3) is 0.810. The molecule has 6 atom stereocenters. The van der Waals surface area contributed by atoms with Crippen LogP contribution in [0.5, 0.6) is 0 Å². The van der Waals surface area contributed by atoms with E-state index < -0.39 is 0 Å². The minimum absolute atomic E-state index is 0.0101. The predicted octanol–water partition coefficient (Wildman–Crippen LogP) is 4.67. The van der Waals surface area contributed by atoms with Crippen molar-refractivity contribution in [3.05, 3.63) is 11.6 Å². The predicted molar refractivity (Wildman–Crippen MR) is 97.3 cm³/mol. The van der Waals surface area contributed by atoms with Crippen LogP contribution in [0.25, 0.3) is 0 Å². The van der Waals surface area contributed by atoms with Gasteiger partial charge in [-0.05, 0) is 61.7 Å². The van der Waals surface area contributed by atoms with Crippen molar-refractivity contribution in [2.75, 3.05) is 5.88 Å². The lowest BCUT2D eigenvalue weighted by Crippen LogP contribution is -2.50.